The Morgan fingerprint density at radius 1 is 0.648 bits per heavy atom. The molecule has 0 bridgehead atoms. The fourth-order valence-electron chi connectivity index (χ4n) is 4.03. The molecule has 5 aromatic rings. The Bertz CT molecular complexity index is 1850. The molecule has 8 N–H and O–H groups in total. The number of phenols is 5. The van der Waals surface area contributed by atoms with Gasteiger partial charge in [0.05, 0.1) is 11.4 Å². The second kappa shape index (κ2) is 28.7. The number of nitrogen functional groups attached to an aromatic ring is 1. The number of benzene rings is 5. The van der Waals surface area contributed by atoms with E-state index in [4.69, 9.17) is 31.5 Å². The number of hydrogen-bond donors (Lipinski definition) is 6. The average Bonchev–Trinajstić information content (AvgIpc) is 3.08. The van der Waals surface area contributed by atoms with Crippen molar-refractivity contribution in [2.45, 2.75) is 53.4 Å². The van der Waals surface area contributed by atoms with Crippen molar-refractivity contribution in [3.63, 3.8) is 0 Å². The zero-order chi connectivity index (χ0) is 38.5. The van der Waals surface area contributed by atoms with Gasteiger partial charge in [0.15, 0.2) is 4.98 Å². The van der Waals surface area contributed by atoms with E-state index < -0.39 is 0 Å². The molecule has 276 valence electrons. The van der Waals surface area contributed by atoms with Crippen LogP contribution in [0.2, 0.25) is 0 Å². The number of phenolic OH excluding ortho intramolecular Hbond substituents is 5. The van der Waals surface area contributed by atoms with E-state index in [1.54, 1.807) is 60.7 Å². The molecule has 0 radical (unpaired) electrons. The summed E-state index contributed by atoms with van der Waals surface area (Å²) in [7, 11) is 0. The Hall–Kier alpha value is -4.72. The van der Waals surface area contributed by atoms with Crippen molar-refractivity contribution in [3.05, 3.63) is 140 Å². The number of diazo groups is 1. The molecule has 14 nitrogen and oxygen atoms in total. The summed E-state index contributed by atoms with van der Waals surface area (Å²) < 4.78 is 0. The van der Waals surface area contributed by atoms with Gasteiger partial charge < -0.3 is 46.9 Å². The van der Waals surface area contributed by atoms with Crippen molar-refractivity contribution in [2.75, 3.05) is 5.73 Å². The van der Waals surface area contributed by atoms with Crippen molar-refractivity contribution in [1.29, 1.82) is 5.39 Å². The summed E-state index contributed by atoms with van der Waals surface area (Å²) in [5.41, 5.74) is 11.7. The Labute approximate surface area is 359 Å². The normalized spacial score (nSPS) is 9.31. The smallest absolute Gasteiger partial charge is 0.870 e. The number of hydrogen-bond acceptors (Lipinski definition) is 13. The molecule has 0 aromatic heterocycles. The van der Waals surface area contributed by atoms with Crippen LogP contribution in [-0.2, 0) is 0 Å². The van der Waals surface area contributed by atoms with Crippen LogP contribution in [-0.4, -0.2) is 31.0 Å². The zero-order valence-corrected chi connectivity index (χ0v) is 35.8. The summed E-state index contributed by atoms with van der Waals surface area (Å²) in [6.45, 7) is 12.0. The molecule has 0 amide bonds. The van der Waals surface area contributed by atoms with E-state index >= 15 is 0 Å². The maximum Gasteiger partial charge on any atom is 1.00 e. The van der Waals surface area contributed by atoms with Gasteiger partial charge in [-0.15, -0.1) is 5.34 Å². The molecule has 5 aromatic carbocycles. The molecule has 0 unspecified atom stereocenters. The van der Waals surface area contributed by atoms with E-state index in [1.165, 1.54) is 24.3 Å². The number of anilines is 1. The molecule has 0 fully saturated rings. The van der Waals surface area contributed by atoms with Gasteiger partial charge in [-0.2, -0.15) is 10.2 Å². The van der Waals surface area contributed by atoms with E-state index in [0.717, 1.165) is 33.3 Å². The molecule has 0 spiro atoms. The fourth-order valence-corrected chi connectivity index (χ4v) is 4.03. The molecule has 0 aliphatic rings. The third-order valence-electron chi connectivity index (χ3n) is 6.76. The van der Waals surface area contributed by atoms with Crippen LogP contribution in [0.3, 0.4) is 0 Å². The molecule has 5 rings (SSSR count). The van der Waals surface area contributed by atoms with E-state index in [1.807, 2.05) is 45.9 Å². The molecule has 0 atom stereocenters. The number of azo groups is 1. The number of aryl methyl sites for hydroxylation is 2. The predicted molar refractivity (Wildman–Crippen MR) is 203 cm³/mol. The summed E-state index contributed by atoms with van der Waals surface area (Å²) in [6.07, 6.45) is 0. The van der Waals surface area contributed by atoms with Gasteiger partial charge in [-0.3, -0.25) is 0 Å². The Balaban J connectivity index is -0.000000656. The molecule has 0 aliphatic carbocycles. The third-order valence-corrected chi connectivity index (χ3v) is 6.76. The van der Waals surface area contributed by atoms with Gasteiger partial charge in [0.1, 0.15) is 28.7 Å². The first-order chi connectivity index (χ1) is 24.1. The van der Waals surface area contributed by atoms with Crippen LogP contribution in [0.4, 0.5) is 22.7 Å². The van der Waals surface area contributed by atoms with Gasteiger partial charge in [-0.1, -0.05) is 39.8 Å². The number of nitrogens with two attached hydrogens (primary N) is 1. The van der Waals surface area contributed by atoms with Crippen LogP contribution < -0.4 is 64.8 Å². The Morgan fingerprint density at radius 2 is 1.07 bits per heavy atom. The Morgan fingerprint density at radius 3 is 1.48 bits per heavy atom. The van der Waals surface area contributed by atoms with Gasteiger partial charge in [0.25, 0.3) is 0 Å². The maximum atomic E-state index is 9.90. The minimum atomic E-state index is 0. The van der Waals surface area contributed by atoms with E-state index in [9.17, 15) is 15.3 Å². The second-order valence-corrected chi connectivity index (χ2v) is 11.6. The van der Waals surface area contributed by atoms with E-state index in [0.29, 0.717) is 34.5 Å². The number of nitrogens with zero attached hydrogens (tertiary/aromatic N) is 5. The largest absolute Gasteiger partial charge is 1.00 e. The molecule has 0 saturated carbocycles. The van der Waals surface area contributed by atoms with Gasteiger partial charge in [-0.05, 0) is 127 Å². The summed E-state index contributed by atoms with van der Waals surface area (Å²) >= 11 is 0. The van der Waals surface area contributed by atoms with E-state index in [-0.39, 0.29) is 87.8 Å². The van der Waals surface area contributed by atoms with Crippen molar-refractivity contribution in [1.82, 2.24) is 0 Å². The first-order valence-corrected chi connectivity index (χ1v) is 15.6. The SMILES string of the molecule is Cc1cc(O)c(C(C)C)cc1N=Nc1ccc(O)cc1.Cc1ccc(C(C)C)c(O)c1.N#[N+]c1ccc(O)cc1.Nc1ccc(O)cc1.O=N[O-].[Na+].[Na+].[OH-]. The first kappa shape index (κ1) is 53.6. The van der Waals surface area contributed by atoms with Crippen LogP contribution in [0.5, 0.6) is 28.7 Å². The topological polar surface area (TPSA) is 263 Å². The standard InChI is InChI=1S/C16H18N2O2.C10H14O.C6H4N2O.C6H7NO.HNO2.2Na.H2O/c1-10(2)14-9-15(11(3)8-16(14)20)18-17-12-4-6-13(19)7-5-12;1-7(2)9-5-4-8(3)6-10(9)11;7-8-5-1-3-6(9)4-2-5;7-5-1-3-6(8)4-2-5;2-1-3;;;/h4-10,19-20H,1-3H3;4-7,11H,1-3H3;1-4H;1-4,8H,7H2;(H,2,3);;;1H2/q;;;;;2*+1;/p-1. The Kier molecular flexibility index (Phi) is 28.5. The van der Waals surface area contributed by atoms with Gasteiger partial charge in [-0.25, -0.2) is 0 Å². The van der Waals surface area contributed by atoms with Crippen molar-refractivity contribution in [3.8, 4) is 28.7 Å². The van der Waals surface area contributed by atoms with Crippen molar-refractivity contribution >= 4 is 22.7 Å². The quantitative estimate of drug-likeness (QED) is 0.0280. The molecule has 0 aliphatic heterocycles. The van der Waals surface area contributed by atoms with Crippen LogP contribution in [0.15, 0.2) is 119 Å². The van der Waals surface area contributed by atoms with Crippen LogP contribution in [0.25, 0.3) is 4.98 Å². The minimum absolute atomic E-state index is 0. The van der Waals surface area contributed by atoms with Crippen LogP contribution in [0, 0.1) is 29.4 Å². The first-order valence-electron chi connectivity index (χ1n) is 15.6. The molecule has 16 heteroatoms. The third kappa shape index (κ3) is 21.1. The van der Waals surface area contributed by atoms with Crippen molar-refractivity contribution < 1.29 is 90.1 Å². The minimum Gasteiger partial charge on any atom is -0.870 e. The summed E-state index contributed by atoms with van der Waals surface area (Å²) in [5.74, 6) is 1.95. The number of rotatable bonds is 4. The maximum absolute atomic E-state index is 9.90. The molecule has 0 heterocycles. The molecular weight excluding hydrogens is 714 g/mol. The van der Waals surface area contributed by atoms with Gasteiger partial charge in [0, 0.05) is 17.8 Å². The second-order valence-electron chi connectivity index (χ2n) is 11.6. The van der Waals surface area contributed by atoms with Crippen LogP contribution in [0.1, 0.15) is 61.8 Å². The summed E-state index contributed by atoms with van der Waals surface area (Å²) in [6, 6.07) is 28.2. The molecular formula is C38H45N6Na2O8+. The zero-order valence-electron chi connectivity index (χ0n) is 31.8. The van der Waals surface area contributed by atoms with Gasteiger partial charge >= 0.3 is 64.8 Å². The number of aromatic hydroxyl groups is 5. The summed E-state index contributed by atoms with van der Waals surface area (Å²) in [4.78, 5) is 10.9. The average molecular weight is 760 g/mol. The monoisotopic (exact) mass is 759 g/mol. The van der Waals surface area contributed by atoms with E-state index in [2.05, 4.69) is 29.1 Å². The summed E-state index contributed by atoms with van der Waals surface area (Å²) in [5, 5.41) is 71.5. The molecule has 0 saturated heterocycles. The molecule has 54 heavy (non-hydrogen) atoms. The van der Waals surface area contributed by atoms with Crippen molar-refractivity contribution in [2.24, 2.45) is 15.6 Å². The predicted octanol–water partition coefficient (Wildman–Crippen LogP) is 4.70. The van der Waals surface area contributed by atoms with Gasteiger partial charge in [0.2, 0.25) is 5.39 Å². The fraction of sp³-hybridized carbons (Fsp3) is 0.211. The van der Waals surface area contributed by atoms with Crippen LogP contribution >= 0.6 is 0 Å².